The molecule has 0 saturated carbocycles. The van der Waals surface area contributed by atoms with Crippen molar-refractivity contribution in [1.29, 1.82) is 0 Å². The molecule has 90 valence electrons. The van der Waals surface area contributed by atoms with Gasteiger partial charge in [0.25, 0.3) is 0 Å². The highest BCUT2D eigenvalue weighted by Gasteiger charge is 2.09. The third kappa shape index (κ3) is 8.20. The Hall–Kier alpha value is -0.810. The molecule has 1 amide bonds. The van der Waals surface area contributed by atoms with E-state index in [1.807, 2.05) is 0 Å². The molecule has 0 saturated heterocycles. The van der Waals surface area contributed by atoms with Crippen molar-refractivity contribution in [1.82, 2.24) is 4.90 Å². The van der Waals surface area contributed by atoms with Gasteiger partial charge in [0.1, 0.15) is 0 Å². The van der Waals surface area contributed by atoms with Gasteiger partial charge in [-0.1, -0.05) is 12.8 Å². The molecule has 0 radical (unpaired) electrons. The summed E-state index contributed by atoms with van der Waals surface area (Å²) in [6.45, 7) is 2.41. The van der Waals surface area contributed by atoms with E-state index in [1.54, 1.807) is 0 Å². The van der Waals surface area contributed by atoms with Crippen molar-refractivity contribution in [2.75, 3.05) is 26.2 Å². The van der Waals surface area contributed by atoms with Gasteiger partial charge in [0.15, 0.2) is 0 Å². The Bertz CT molecular complexity index is 165. The van der Waals surface area contributed by atoms with Crippen LogP contribution in [0.15, 0.2) is 0 Å². The lowest BCUT2D eigenvalue weighted by Gasteiger charge is -2.18. The van der Waals surface area contributed by atoms with E-state index in [9.17, 15) is 4.79 Å². The van der Waals surface area contributed by atoms with Gasteiger partial charge in [-0.25, -0.2) is 4.79 Å². The van der Waals surface area contributed by atoms with Crippen LogP contribution in [0.3, 0.4) is 0 Å². The third-order valence-corrected chi connectivity index (χ3v) is 2.28. The number of carbonyl (C=O) groups is 1. The lowest BCUT2D eigenvalue weighted by Crippen LogP contribution is -2.32. The second-order valence-corrected chi connectivity index (χ2v) is 3.61. The number of amides is 1. The highest BCUT2D eigenvalue weighted by atomic mass is 16.4. The molecular formula is C10H23N3O2. The summed E-state index contributed by atoms with van der Waals surface area (Å²) >= 11 is 0. The first-order valence-electron chi connectivity index (χ1n) is 5.60. The second-order valence-electron chi connectivity index (χ2n) is 3.61. The zero-order valence-corrected chi connectivity index (χ0v) is 9.32. The van der Waals surface area contributed by atoms with Gasteiger partial charge < -0.3 is 21.5 Å². The van der Waals surface area contributed by atoms with Crippen molar-refractivity contribution in [2.45, 2.75) is 32.1 Å². The number of hydrogen-bond donors (Lipinski definition) is 3. The number of unbranched alkanes of at least 4 members (excludes halogenated alkanes) is 3. The van der Waals surface area contributed by atoms with Crippen molar-refractivity contribution in [3.63, 3.8) is 0 Å². The Morgan fingerprint density at radius 2 is 1.47 bits per heavy atom. The smallest absolute Gasteiger partial charge is 0.407 e. The summed E-state index contributed by atoms with van der Waals surface area (Å²) in [5, 5.41) is 8.87. The monoisotopic (exact) mass is 217 g/mol. The molecule has 0 rings (SSSR count). The number of nitrogens with zero attached hydrogens (tertiary/aromatic N) is 1. The quantitative estimate of drug-likeness (QED) is 0.499. The molecule has 5 N–H and O–H groups in total. The molecule has 0 aromatic rings. The molecule has 0 bridgehead atoms. The summed E-state index contributed by atoms with van der Waals surface area (Å²) in [5.41, 5.74) is 10.7. The van der Waals surface area contributed by atoms with Gasteiger partial charge in [0.2, 0.25) is 0 Å². The van der Waals surface area contributed by atoms with E-state index >= 15 is 0 Å². The van der Waals surface area contributed by atoms with Crippen LogP contribution < -0.4 is 11.5 Å². The van der Waals surface area contributed by atoms with Crippen LogP contribution in [0.5, 0.6) is 0 Å². The fourth-order valence-electron chi connectivity index (χ4n) is 1.39. The molecule has 0 aromatic carbocycles. The lowest BCUT2D eigenvalue weighted by molar-refractivity contribution is 0.144. The Labute approximate surface area is 91.4 Å². The minimum absolute atomic E-state index is 0.539. The normalized spacial score (nSPS) is 10.3. The fraction of sp³-hybridized carbons (Fsp3) is 0.900. The van der Waals surface area contributed by atoms with Crippen molar-refractivity contribution < 1.29 is 9.90 Å². The topological polar surface area (TPSA) is 92.6 Å². The minimum Gasteiger partial charge on any atom is -0.465 e. The van der Waals surface area contributed by atoms with E-state index in [1.165, 1.54) is 4.90 Å². The molecule has 0 aliphatic rings. The van der Waals surface area contributed by atoms with Crippen LogP contribution in [0.1, 0.15) is 32.1 Å². The standard InChI is InChI=1S/C10H23N3O2/c11-6-3-1-2-4-8-13(10(14)15)9-5-7-12/h1-9,11-12H2,(H,14,15). The second kappa shape index (κ2) is 9.73. The van der Waals surface area contributed by atoms with Gasteiger partial charge >= 0.3 is 6.09 Å². The number of carboxylic acid groups (broad SMARTS) is 1. The van der Waals surface area contributed by atoms with Crippen LogP contribution in [-0.4, -0.2) is 42.3 Å². The van der Waals surface area contributed by atoms with Crippen LogP contribution in [-0.2, 0) is 0 Å². The molecule has 0 fully saturated rings. The van der Waals surface area contributed by atoms with Crippen LogP contribution >= 0.6 is 0 Å². The highest BCUT2D eigenvalue weighted by Crippen LogP contribution is 2.02. The first-order valence-corrected chi connectivity index (χ1v) is 5.60. The van der Waals surface area contributed by atoms with E-state index in [2.05, 4.69) is 0 Å². The minimum atomic E-state index is -0.845. The fourth-order valence-corrected chi connectivity index (χ4v) is 1.39. The first-order chi connectivity index (χ1) is 7.22. The number of nitrogens with two attached hydrogens (primary N) is 2. The van der Waals surface area contributed by atoms with Crippen molar-refractivity contribution in [3.8, 4) is 0 Å². The molecular weight excluding hydrogens is 194 g/mol. The average molecular weight is 217 g/mol. The van der Waals surface area contributed by atoms with Gasteiger partial charge in [-0.3, -0.25) is 0 Å². The summed E-state index contributed by atoms with van der Waals surface area (Å²) in [4.78, 5) is 12.2. The average Bonchev–Trinajstić information content (AvgIpc) is 2.21. The Morgan fingerprint density at radius 1 is 0.933 bits per heavy atom. The SMILES string of the molecule is NCCCCCCN(CCCN)C(=O)O. The molecule has 5 nitrogen and oxygen atoms in total. The highest BCUT2D eigenvalue weighted by molar-refractivity contribution is 5.64. The molecule has 0 atom stereocenters. The number of rotatable bonds is 9. The van der Waals surface area contributed by atoms with E-state index < -0.39 is 6.09 Å². The summed E-state index contributed by atoms with van der Waals surface area (Å²) in [5.74, 6) is 0. The van der Waals surface area contributed by atoms with Crippen LogP contribution in [0.4, 0.5) is 4.79 Å². The van der Waals surface area contributed by atoms with Gasteiger partial charge in [0.05, 0.1) is 0 Å². The van der Waals surface area contributed by atoms with Gasteiger partial charge in [-0.15, -0.1) is 0 Å². The van der Waals surface area contributed by atoms with Crippen molar-refractivity contribution in [2.24, 2.45) is 11.5 Å². The first kappa shape index (κ1) is 14.2. The van der Waals surface area contributed by atoms with E-state index in [0.717, 1.165) is 38.6 Å². The summed E-state index contributed by atoms with van der Waals surface area (Å²) < 4.78 is 0. The molecule has 0 spiro atoms. The van der Waals surface area contributed by atoms with Crippen molar-refractivity contribution >= 4 is 6.09 Å². The van der Waals surface area contributed by atoms with E-state index in [4.69, 9.17) is 16.6 Å². The Morgan fingerprint density at radius 3 is 2.00 bits per heavy atom. The molecule has 0 aliphatic carbocycles. The Kier molecular flexibility index (Phi) is 9.21. The molecule has 5 heteroatoms. The number of hydrogen-bond acceptors (Lipinski definition) is 3. The summed E-state index contributed by atoms with van der Waals surface area (Å²) in [7, 11) is 0. The maximum Gasteiger partial charge on any atom is 0.407 e. The van der Waals surface area contributed by atoms with Crippen LogP contribution in [0, 0.1) is 0 Å². The van der Waals surface area contributed by atoms with Gasteiger partial charge in [-0.05, 0) is 32.4 Å². The third-order valence-electron chi connectivity index (χ3n) is 2.28. The zero-order valence-electron chi connectivity index (χ0n) is 9.32. The molecule has 15 heavy (non-hydrogen) atoms. The lowest BCUT2D eigenvalue weighted by atomic mass is 10.2. The van der Waals surface area contributed by atoms with E-state index in [-0.39, 0.29) is 0 Å². The zero-order chi connectivity index (χ0) is 11.5. The molecule has 0 aliphatic heterocycles. The molecule has 0 heterocycles. The maximum absolute atomic E-state index is 10.8. The summed E-state index contributed by atoms with van der Waals surface area (Å²) in [6.07, 6.45) is 3.95. The summed E-state index contributed by atoms with van der Waals surface area (Å²) in [6, 6.07) is 0. The molecule has 0 aromatic heterocycles. The van der Waals surface area contributed by atoms with Gasteiger partial charge in [0, 0.05) is 13.1 Å². The maximum atomic E-state index is 10.8. The van der Waals surface area contributed by atoms with Crippen molar-refractivity contribution in [3.05, 3.63) is 0 Å². The van der Waals surface area contributed by atoms with Crippen LogP contribution in [0.2, 0.25) is 0 Å². The largest absolute Gasteiger partial charge is 0.465 e. The molecule has 0 unspecified atom stereocenters. The van der Waals surface area contributed by atoms with Crippen LogP contribution in [0.25, 0.3) is 0 Å². The predicted octanol–water partition coefficient (Wildman–Crippen LogP) is 0.834. The Balaban J connectivity index is 3.53. The van der Waals surface area contributed by atoms with E-state index in [0.29, 0.717) is 19.6 Å². The van der Waals surface area contributed by atoms with Gasteiger partial charge in [-0.2, -0.15) is 0 Å². The predicted molar refractivity (Wildman–Crippen MR) is 60.8 cm³/mol.